The minimum Gasteiger partial charge on any atom is -0.446 e. The van der Waals surface area contributed by atoms with Crippen molar-refractivity contribution in [3.8, 4) is 0 Å². The number of aryl methyl sites for hydroxylation is 1. The average Bonchev–Trinajstić information content (AvgIpc) is 3.41. The first-order valence-electron chi connectivity index (χ1n) is 10.5. The molecule has 2 N–H and O–H groups in total. The summed E-state index contributed by atoms with van der Waals surface area (Å²) in [5.41, 5.74) is 3.18. The predicted molar refractivity (Wildman–Crippen MR) is 124 cm³/mol. The number of anilines is 2. The lowest BCUT2D eigenvalue weighted by Crippen LogP contribution is -2.35. The number of nitrogens with one attached hydrogen (secondary N) is 2. The monoisotopic (exact) mass is 452 g/mol. The van der Waals surface area contributed by atoms with Crippen LogP contribution in [0.1, 0.15) is 16.9 Å². The molecule has 0 saturated heterocycles. The second-order valence-electron chi connectivity index (χ2n) is 7.87. The third-order valence-corrected chi connectivity index (χ3v) is 6.88. The Balaban J connectivity index is 1.36. The summed E-state index contributed by atoms with van der Waals surface area (Å²) in [5.74, 6) is 0.796. The van der Waals surface area contributed by atoms with Gasteiger partial charge in [0.1, 0.15) is 23.1 Å². The Bertz CT molecular complexity index is 1270. The number of aromatic amines is 1. The maximum atomic E-state index is 12.3. The van der Waals surface area contributed by atoms with Gasteiger partial charge in [-0.1, -0.05) is 0 Å². The van der Waals surface area contributed by atoms with Crippen LogP contribution in [-0.2, 0) is 22.3 Å². The molecule has 3 aromatic heterocycles. The van der Waals surface area contributed by atoms with E-state index in [1.165, 1.54) is 10.4 Å². The van der Waals surface area contributed by atoms with Crippen molar-refractivity contribution < 1.29 is 14.3 Å². The molecule has 0 saturated carbocycles. The van der Waals surface area contributed by atoms with E-state index in [1.807, 2.05) is 18.2 Å². The van der Waals surface area contributed by atoms with Crippen LogP contribution in [-0.4, -0.2) is 64.6 Å². The first-order chi connectivity index (χ1) is 15.6. The molecule has 0 fully saturated rings. The molecule has 5 rings (SSSR count). The molecule has 3 heterocycles. The van der Waals surface area contributed by atoms with Gasteiger partial charge in [-0.3, -0.25) is 5.10 Å². The fraction of sp³-hybridized carbons (Fsp3) is 0.364. The van der Waals surface area contributed by atoms with Gasteiger partial charge in [0, 0.05) is 43.1 Å². The van der Waals surface area contributed by atoms with Crippen LogP contribution in [0, 0.1) is 0 Å². The summed E-state index contributed by atoms with van der Waals surface area (Å²) in [7, 11) is 3.34. The van der Waals surface area contributed by atoms with Crippen LogP contribution in [0.15, 0.2) is 30.7 Å². The van der Waals surface area contributed by atoms with E-state index in [0.29, 0.717) is 19.6 Å². The Morgan fingerprint density at radius 3 is 3.16 bits per heavy atom. The van der Waals surface area contributed by atoms with Crippen molar-refractivity contribution in [1.29, 1.82) is 0 Å². The predicted octanol–water partition coefficient (Wildman–Crippen LogP) is 3.88. The molecule has 0 aliphatic heterocycles. The van der Waals surface area contributed by atoms with Crippen LogP contribution in [0.25, 0.3) is 21.1 Å². The van der Waals surface area contributed by atoms with Gasteiger partial charge < -0.3 is 19.7 Å². The number of benzene rings is 1. The quantitative estimate of drug-likeness (QED) is 0.457. The summed E-state index contributed by atoms with van der Waals surface area (Å²) in [6.45, 7) is 0.990. The van der Waals surface area contributed by atoms with E-state index < -0.39 is 0 Å². The number of thiophene rings is 1. The molecule has 0 radical (unpaired) electrons. The van der Waals surface area contributed by atoms with Gasteiger partial charge in [0.05, 0.1) is 23.7 Å². The molecule has 1 aliphatic rings. The zero-order chi connectivity index (χ0) is 22.1. The van der Waals surface area contributed by atoms with Crippen molar-refractivity contribution in [2.45, 2.75) is 25.4 Å². The van der Waals surface area contributed by atoms with E-state index in [0.717, 1.165) is 45.5 Å². The Morgan fingerprint density at radius 2 is 2.28 bits per heavy atom. The van der Waals surface area contributed by atoms with Gasteiger partial charge in [-0.05, 0) is 36.6 Å². The van der Waals surface area contributed by atoms with Gasteiger partial charge in [-0.2, -0.15) is 5.10 Å². The molecule has 0 bridgehead atoms. The van der Waals surface area contributed by atoms with E-state index in [2.05, 4.69) is 25.5 Å². The van der Waals surface area contributed by atoms with Gasteiger partial charge in [0.2, 0.25) is 0 Å². The Kier molecular flexibility index (Phi) is 5.62. The zero-order valence-electron chi connectivity index (χ0n) is 17.9. The molecule has 0 spiro atoms. The number of H-pyrrole nitrogens is 1. The molecule has 10 heteroatoms. The standard InChI is InChI=1S/C22H24N6O3S/c1-28(7-8-30-2)22(29)31-15-4-5-16-18(10-15)32-21-19(16)20(23-12-24-21)26-14-3-6-17-13(9-14)11-25-27-17/h3,6,9,11-12,15H,4-5,7-8,10H2,1-2H3,(H,25,27)(H,23,24,26). The van der Waals surface area contributed by atoms with Crippen LogP contribution in [0.2, 0.25) is 0 Å². The fourth-order valence-electron chi connectivity index (χ4n) is 3.98. The SMILES string of the molecule is COCCN(C)C(=O)OC1CCc2c(sc3ncnc(Nc4ccc5[nH]ncc5c4)c23)C1. The molecule has 9 nitrogen and oxygen atoms in total. The molecule has 32 heavy (non-hydrogen) atoms. The van der Waals surface area contributed by atoms with Gasteiger partial charge in [0.15, 0.2) is 0 Å². The molecular formula is C22H24N6O3S. The second-order valence-corrected chi connectivity index (χ2v) is 8.95. The number of amides is 1. The molecule has 166 valence electrons. The van der Waals surface area contributed by atoms with E-state index in [9.17, 15) is 4.79 Å². The number of ether oxygens (including phenoxy) is 2. The van der Waals surface area contributed by atoms with Crippen molar-refractivity contribution in [2.75, 3.05) is 32.6 Å². The lowest BCUT2D eigenvalue weighted by Gasteiger charge is -2.25. The van der Waals surface area contributed by atoms with E-state index in [4.69, 9.17) is 9.47 Å². The van der Waals surface area contributed by atoms with Gasteiger partial charge >= 0.3 is 6.09 Å². The fourth-order valence-corrected chi connectivity index (χ4v) is 5.24. The van der Waals surface area contributed by atoms with Gasteiger partial charge in [-0.25, -0.2) is 14.8 Å². The smallest absolute Gasteiger partial charge is 0.409 e. The zero-order valence-corrected chi connectivity index (χ0v) is 18.7. The lowest BCUT2D eigenvalue weighted by molar-refractivity contribution is 0.0565. The van der Waals surface area contributed by atoms with Crippen LogP contribution in [0.5, 0.6) is 0 Å². The number of likely N-dealkylation sites (N-methyl/N-ethyl adjacent to an activating group) is 1. The van der Waals surface area contributed by atoms with Crippen molar-refractivity contribution in [3.63, 3.8) is 0 Å². The summed E-state index contributed by atoms with van der Waals surface area (Å²) < 4.78 is 10.8. The Labute approximate surface area is 188 Å². The Hall–Kier alpha value is -3.24. The topological polar surface area (TPSA) is 105 Å². The van der Waals surface area contributed by atoms with Gasteiger partial charge in [-0.15, -0.1) is 11.3 Å². The number of methoxy groups -OCH3 is 1. The van der Waals surface area contributed by atoms with Crippen LogP contribution < -0.4 is 5.32 Å². The highest BCUT2D eigenvalue weighted by molar-refractivity contribution is 7.19. The highest BCUT2D eigenvalue weighted by Crippen LogP contribution is 2.39. The van der Waals surface area contributed by atoms with Crippen molar-refractivity contribution in [1.82, 2.24) is 25.1 Å². The number of carbonyl (C=O) groups is 1. The normalized spacial score (nSPS) is 15.6. The second kappa shape index (κ2) is 8.71. The third-order valence-electron chi connectivity index (χ3n) is 5.71. The highest BCUT2D eigenvalue weighted by atomic mass is 32.1. The van der Waals surface area contributed by atoms with E-state index in [1.54, 1.807) is 42.9 Å². The summed E-state index contributed by atoms with van der Waals surface area (Å²) in [4.78, 5) is 25.1. The highest BCUT2D eigenvalue weighted by Gasteiger charge is 2.28. The molecule has 1 aliphatic carbocycles. The molecule has 1 atom stereocenters. The molecular weight excluding hydrogens is 428 g/mol. The molecule has 1 aromatic carbocycles. The first kappa shape index (κ1) is 20.7. The first-order valence-corrected chi connectivity index (χ1v) is 11.3. The van der Waals surface area contributed by atoms with Gasteiger partial charge in [0.25, 0.3) is 0 Å². The van der Waals surface area contributed by atoms with E-state index in [-0.39, 0.29) is 12.2 Å². The van der Waals surface area contributed by atoms with Crippen molar-refractivity contribution >= 4 is 50.1 Å². The minimum absolute atomic E-state index is 0.138. The number of rotatable bonds is 6. The van der Waals surface area contributed by atoms with Crippen LogP contribution in [0.3, 0.4) is 0 Å². The Morgan fingerprint density at radius 1 is 1.38 bits per heavy atom. The summed E-state index contributed by atoms with van der Waals surface area (Å²) in [6, 6.07) is 6.04. The van der Waals surface area contributed by atoms with Crippen LogP contribution in [0.4, 0.5) is 16.3 Å². The lowest BCUT2D eigenvalue weighted by atomic mass is 9.94. The number of fused-ring (bicyclic) bond motifs is 4. The molecule has 1 unspecified atom stereocenters. The van der Waals surface area contributed by atoms with E-state index >= 15 is 0 Å². The number of hydrogen-bond donors (Lipinski definition) is 2. The maximum Gasteiger partial charge on any atom is 0.409 e. The molecule has 4 aromatic rings. The summed E-state index contributed by atoms with van der Waals surface area (Å²) >= 11 is 1.65. The summed E-state index contributed by atoms with van der Waals surface area (Å²) in [5, 5.41) is 12.6. The number of nitrogens with zero attached hydrogens (tertiary/aromatic N) is 4. The number of aromatic nitrogens is 4. The average molecular weight is 453 g/mol. The maximum absolute atomic E-state index is 12.3. The minimum atomic E-state index is -0.312. The third kappa shape index (κ3) is 3.98. The van der Waals surface area contributed by atoms with Crippen molar-refractivity contribution in [2.24, 2.45) is 0 Å². The summed E-state index contributed by atoms with van der Waals surface area (Å²) in [6.07, 6.45) is 5.23. The van der Waals surface area contributed by atoms with Crippen LogP contribution >= 0.6 is 11.3 Å². The number of carbonyl (C=O) groups excluding carboxylic acids is 1. The van der Waals surface area contributed by atoms with Crippen molar-refractivity contribution in [3.05, 3.63) is 41.2 Å². The molecule has 1 amide bonds. The number of hydrogen-bond acceptors (Lipinski definition) is 8. The largest absolute Gasteiger partial charge is 0.446 e.